The number of phenols is 1. The Labute approximate surface area is 266 Å². The maximum absolute atomic E-state index is 17.2. The van der Waals surface area contributed by atoms with E-state index in [1.807, 2.05) is 37.3 Å². The lowest BCUT2D eigenvalue weighted by atomic mass is 9.75. The van der Waals surface area contributed by atoms with Crippen LogP contribution in [-0.2, 0) is 0 Å². The van der Waals surface area contributed by atoms with Crippen molar-refractivity contribution in [3.05, 3.63) is 54.0 Å². The van der Waals surface area contributed by atoms with E-state index >= 15 is 4.39 Å². The lowest BCUT2D eigenvalue weighted by Gasteiger charge is -2.47. The molecule has 1 saturated carbocycles. The van der Waals surface area contributed by atoms with Crippen LogP contribution in [0.1, 0.15) is 44.3 Å². The number of phenolic OH excluding ortho intramolecular Hbond substituents is 1. The molecule has 2 atom stereocenters. The van der Waals surface area contributed by atoms with Crippen molar-refractivity contribution >= 4 is 38.5 Å². The molecule has 8 nitrogen and oxygen atoms in total. The fourth-order valence-corrected chi connectivity index (χ4v) is 8.16. The maximum Gasteiger partial charge on any atom is 0.319 e. The summed E-state index contributed by atoms with van der Waals surface area (Å²) in [6.45, 7) is 3.94. The minimum absolute atomic E-state index is 0.0243. The molecule has 8 rings (SSSR count). The highest BCUT2D eigenvalue weighted by molar-refractivity contribution is 6.17. The Kier molecular flexibility index (Phi) is 6.88. The monoisotopic (exact) mass is 627 g/mol. The van der Waals surface area contributed by atoms with E-state index in [9.17, 15) is 9.50 Å². The number of aromatic nitrogens is 2. The van der Waals surface area contributed by atoms with E-state index in [-0.39, 0.29) is 35.0 Å². The lowest BCUT2D eigenvalue weighted by molar-refractivity contribution is 0.0738. The molecule has 46 heavy (non-hydrogen) atoms. The number of alkyl halides is 1. The molecule has 2 saturated heterocycles. The number of anilines is 1. The number of aryl methyl sites for hydroxylation is 1. The lowest BCUT2D eigenvalue weighted by Crippen LogP contribution is -2.54. The summed E-state index contributed by atoms with van der Waals surface area (Å²) in [4.78, 5) is 14.0. The molecule has 0 spiro atoms. The first-order valence-corrected chi connectivity index (χ1v) is 16.3. The molecule has 5 aromatic rings. The second-order valence-corrected chi connectivity index (χ2v) is 13.8. The van der Waals surface area contributed by atoms with E-state index < -0.39 is 17.5 Å². The zero-order valence-electron chi connectivity index (χ0n) is 26.5. The van der Waals surface area contributed by atoms with Crippen molar-refractivity contribution in [2.45, 2.75) is 62.7 Å². The van der Waals surface area contributed by atoms with Gasteiger partial charge in [-0.1, -0.05) is 24.3 Å². The highest BCUT2D eigenvalue weighted by Crippen LogP contribution is 2.46. The third kappa shape index (κ3) is 4.59. The number of hydrogen-bond donors (Lipinski definition) is 2. The van der Waals surface area contributed by atoms with Crippen molar-refractivity contribution in [2.24, 2.45) is 0 Å². The Morgan fingerprint density at radius 2 is 1.93 bits per heavy atom. The molecular formula is C36H39F2N5O3. The number of fused-ring (bicyclic) bond motifs is 5. The van der Waals surface area contributed by atoms with Gasteiger partial charge in [-0.3, -0.25) is 4.90 Å². The summed E-state index contributed by atoms with van der Waals surface area (Å²) in [6, 6.07) is 12.7. The Morgan fingerprint density at radius 1 is 1.11 bits per heavy atom. The van der Waals surface area contributed by atoms with E-state index in [1.165, 1.54) is 0 Å². The summed E-state index contributed by atoms with van der Waals surface area (Å²) in [6.07, 6.45) is 4.59. The summed E-state index contributed by atoms with van der Waals surface area (Å²) in [7, 11) is 4.17. The maximum atomic E-state index is 17.2. The van der Waals surface area contributed by atoms with Crippen LogP contribution >= 0.6 is 0 Å². The highest BCUT2D eigenvalue weighted by atomic mass is 19.1. The smallest absolute Gasteiger partial charge is 0.319 e. The molecule has 2 N–H and O–H groups in total. The van der Waals surface area contributed by atoms with Crippen LogP contribution in [0.5, 0.6) is 11.8 Å². The zero-order valence-corrected chi connectivity index (χ0v) is 26.5. The third-order valence-electron chi connectivity index (χ3n) is 10.8. The first kappa shape index (κ1) is 29.4. The molecule has 240 valence electrons. The van der Waals surface area contributed by atoms with Gasteiger partial charge in [-0.25, -0.2) is 8.78 Å². The highest BCUT2D eigenvalue weighted by Gasteiger charge is 2.49. The Bertz CT molecular complexity index is 1990. The quantitative estimate of drug-likeness (QED) is 0.187. The minimum atomic E-state index is -0.891. The number of furan rings is 1. The number of nitrogens with zero attached hydrogens (tertiary/aromatic N) is 4. The molecule has 3 aromatic carbocycles. The van der Waals surface area contributed by atoms with Crippen molar-refractivity contribution < 1.29 is 23.0 Å². The number of halogens is 2. The van der Waals surface area contributed by atoms with Gasteiger partial charge in [-0.15, -0.1) is 0 Å². The first-order valence-electron chi connectivity index (χ1n) is 16.3. The van der Waals surface area contributed by atoms with E-state index in [4.69, 9.17) is 19.1 Å². The van der Waals surface area contributed by atoms with Crippen LogP contribution in [0.25, 0.3) is 43.8 Å². The Balaban J connectivity index is 1.32. The zero-order chi connectivity index (χ0) is 31.8. The van der Waals surface area contributed by atoms with Crippen molar-refractivity contribution in [3.63, 3.8) is 0 Å². The number of ether oxygens (including phenoxy) is 1. The fourth-order valence-electron chi connectivity index (χ4n) is 8.16. The van der Waals surface area contributed by atoms with Gasteiger partial charge in [0.05, 0.1) is 16.5 Å². The number of hydrogen-bond acceptors (Lipinski definition) is 8. The SMILES string of the molecule is Cc1cc2c(o1)c(-c1cc(O)cc3ccccc13)c(F)c1nc(OC[C@@]34CCCN3C[C@H](F)C4)nc(NCC3(N(C)C)CCC3)c12. The fraction of sp³-hybridized carbons (Fsp3) is 0.444. The van der Waals surface area contributed by atoms with E-state index in [0.29, 0.717) is 53.0 Å². The predicted molar refractivity (Wildman–Crippen MR) is 176 cm³/mol. The topological polar surface area (TPSA) is 86.9 Å². The second-order valence-electron chi connectivity index (χ2n) is 13.8. The molecule has 0 amide bonds. The summed E-state index contributed by atoms with van der Waals surface area (Å²) in [5.41, 5.74) is 0.759. The molecule has 2 aliphatic heterocycles. The number of rotatable bonds is 8. The standard InChI is InChI=1S/C36H39F2N5O3/c1-21-14-27-29-31(30(38)28(32(27)46-21)26-16-24(44)15-22-8-4-5-9-25(22)26)40-34(41-33(29)39-19-35(42(2)3)10-6-11-35)45-20-36-12-7-13-43(36)18-23(37)17-36/h4-5,8-9,14-16,23,44H,6-7,10-13,17-20H2,1-3H3,(H,39,40,41)/t23-,36+/m1/s1. The minimum Gasteiger partial charge on any atom is -0.508 e. The van der Waals surface area contributed by atoms with Crippen molar-refractivity contribution in [2.75, 3.05) is 45.7 Å². The molecule has 4 heterocycles. The van der Waals surface area contributed by atoms with Crippen LogP contribution < -0.4 is 10.1 Å². The summed E-state index contributed by atoms with van der Waals surface area (Å²) < 4.78 is 44.3. The molecule has 0 unspecified atom stereocenters. The molecule has 10 heteroatoms. The van der Waals surface area contributed by atoms with Gasteiger partial charge in [0.15, 0.2) is 5.82 Å². The average molecular weight is 628 g/mol. The molecule has 1 aliphatic carbocycles. The van der Waals surface area contributed by atoms with Crippen LogP contribution in [0.4, 0.5) is 14.6 Å². The molecule has 2 aromatic heterocycles. The van der Waals surface area contributed by atoms with Crippen LogP contribution in [0.3, 0.4) is 0 Å². The van der Waals surface area contributed by atoms with Crippen molar-refractivity contribution in [3.8, 4) is 22.9 Å². The molecule has 3 aliphatic rings. The van der Waals surface area contributed by atoms with Gasteiger partial charge in [0.1, 0.15) is 41.2 Å². The van der Waals surface area contributed by atoms with Gasteiger partial charge >= 0.3 is 6.01 Å². The number of likely N-dealkylation sites (N-methyl/N-ethyl adjacent to an activating group) is 1. The number of nitrogens with one attached hydrogen (secondary N) is 1. The Hall–Kier alpha value is -4.02. The van der Waals surface area contributed by atoms with E-state index in [0.717, 1.165) is 49.4 Å². The van der Waals surface area contributed by atoms with E-state index in [1.54, 1.807) is 12.1 Å². The largest absolute Gasteiger partial charge is 0.508 e. The van der Waals surface area contributed by atoms with Gasteiger partial charge < -0.3 is 24.5 Å². The predicted octanol–water partition coefficient (Wildman–Crippen LogP) is 7.20. The molecular weight excluding hydrogens is 588 g/mol. The van der Waals surface area contributed by atoms with Crippen molar-refractivity contribution in [1.29, 1.82) is 0 Å². The second kappa shape index (κ2) is 10.8. The summed E-state index contributed by atoms with van der Waals surface area (Å²) in [5.74, 6) is 0.529. The average Bonchev–Trinajstić information content (AvgIpc) is 3.66. The van der Waals surface area contributed by atoms with Gasteiger partial charge in [0.25, 0.3) is 0 Å². The van der Waals surface area contributed by atoms with E-state index in [2.05, 4.69) is 29.2 Å². The van der Waals surface area contributed by atoms with Crippen LogP contribution in [-0.4, -0.2) is 82.5 Å². The number of aromatic hydroxyl groups is 1. The third-order valence-corrected chi connectivity index (χ3v) is 10.8. The molecule has 3 fully saturated rings. The van der Waals surface area contributed by atoms with Crippen LogP contribution in [0.2, 0.25) is 0 Å². The Morgan fingerprint density at radius 3 is 2.72 bits per heavy atom. The van der Waals surface area contributed by atoms with Gasteiger partial charge in [0.2, 0.25) is 0 Å². The van der Waals surface area contributed by atoms with Crippen LogP contribution in [0, 0.1) is 12.7 Å². The van der Waals surface area contributed by atoms with Gasteiger partial charge in [-0.05, 0) is 94.2 Å². The first-order chi connectivity index (χ1) is 22.2. The van der Waals surface area contributed by atoms with Gasteiger partial charge in [0, 0.05) is 30.4 Å². The normalized spacial score (nSPS) is 22.6. The van der Waals surface area contributed by atoms with Crippen molar-refractivity contribution in [1.82, 2.24) is 19.8 Å². The summed E-state index contributed by atoms with van der Waals surface area (Å²) in [5, 5.41) is 17.0. The number of benzene rings is 3. The van der Waals surface area contributed by atoms with Crippen LogP contribution in [0.15, 0.2) is 46.9 Å². The summed E-state index contributed by atoms with van der Waals surface area (Å²) >= 11 is 0. The molecule has 0 radical (unpaired) electrons. The molecule has 0 bridgehead atoms. The van der Waals surface area contributed by atoms with Gasteiger partial charge in [-0.2, -0.15) is 9.97 Å².